The van der Waals surface area contributed by atoms with Crippen molar-refractivity contribution in [2.24, 2.45) is 11.3 Å². The number of carbonyl (C=O) groups excluding carboxylic acids is 2. The number of hydrogen-bond acceptors (Lipinski definition) is 5. The van der Waals surface area contributed by atoms with E-state index in [-0.39, 0.29) is 10.9 Å². The van der Waals surface area contributed by atoms with Crippen LogP contribution in [-0.4, -0.2) is 74.0 Å². The number of carbonyl (C=O) groups is 2. The molecule has 2 N–H and O–H groups in total. The SMILES string of the molecule is CC(=O)N1CCC2(CC1)C(=C=[N-])C(=S)NC(=O)C2C#N.C[NH+]1CCOCC1. The standard InChI is InChI=1S/C13H13N4O2S.C5H11NO/c1-8(18)17-4-2-13(3-5-17)9(6-14)11(19)16-12(20)10(13)7-15;1-6-2-4-7-5-3-6/h9H,2-5H2,1H3,(H,16,19,20);2-5H2,1H3/q-1;/p+1. The Morgan fingerprint density at radius 1 is 1.41 bits per heavy atom. The minimum Gasteiger partial charge on any atom is -0.763 e. The molecule has 3 rings (SSSR count). The summed E-state index contributed by atoms with van der Waals surface area (Å²) in [6, 6.07) is 2.00. The van der Waals surface area contributed by atoms with Crippen LogP contribution >= 0.6 is 12.2 Å². The molecular formula is C18H25N5O3S. The molecule has 0 aromatic rings. The number of nitriles is 1. The Labute approximate surface area is 164 Å². The second-order valence-corrected chi connectivity index (χ2v) is 7.51. The van der Waals surface area contributed by atoms with Crippen molar-refractivity contribution >= 4 is 34.9 Å². The van der Waals surface area contributed by atoms with Gasteiger partial charge in [0.1, 0.15) is 24.0 Å². The van der Waals surface area contributed by atoms with Crippen molar-refractivity contribution in [2.75, 3.05) is 46.4 Å². The average Bonchev–Trinajstić information content (AvgIpc) is 2.63. The highest BCUT2D eigenvalue weighted by atomic mass is 32.1. The van der Waals surface area contributed by atoms with E-state index in [1.165, 1.54) is 20.0 Å². The lowest BCUT2D eigenvalue weighted by Gasteiger charge is -2.47. The summed E-state index contributed by atoms with van der Waals surface area (Å²) in [6.45, 7) is 6.59. The zero-order valence-corrected chi connectivity index (χ0v) is 16.5. The summed E-state index contributed by atoms with van der Waals surface area (Å²) < 4.78 is 5.12. The molecule has 1 unspecified atom stereocenters. The van der Waals surface area contributed by atoms with Gasteiger partial charge in [-0.15, -0.1) is 0 Å². The van der Waals surface area contributed by atoms with Crippen LogP contribution in [0.25, 0.3) is 5.41 Å². The lowest BCUT2D eigenvalue weighted by molar-refractivity contribution is -0.888. The third-order valence-electron chi connectivity index (χ3n) is 5.46. The van der Waals surface area contributed by atoms with Crippen LogP contribution in [0.3, 0.4) is 0 Å². The third-order valence-corrected chi connectivity index (χ3v) is 5.77. The first-order valence-corrected chi connectivity index (χ1v) is 9.43. The number of ether oxygens (including phenoxy) is 1. The van der Waals surface area contributed by atoms with Crippen molar-refractivity contribution in [3.63, 3.8) is 0 Å². The van der Waals surface area contributed by atoms with Gasteiger partial charge in [0.2, 0.25) is 11.8 Å². The Morgan fingerprint density at radius 3 is 2.41 bits per heavy atom. The average molecular weight is 391 g/mol. The van der Waals surface area contributed by atoms with Crippen LogP contribution in [0.15, 0.2) is 5.57 Å². The number of piperidine rings is 2. The Bertz CT molecular complexity index is 696. The molecular weight excluding hydrogens is 366 g/mol. The lowest BCUT2D eigenvalue weighted by Crippen LogP contribution is -3.11. The molecule has 3 aliphatic heterocycles. The lowest BCUT2D eigenvalue weighted by atomic mass is 9.62. The predicted molar refractivity (Wildman–Crippen MR) is 103 cm³/mol. The molecule has 9 heteroatoms. The van der Waals surface area contributed by atoms with Crippen LogP contribution in [0.2, 0.25) is 0 Å². The number of likely N-dealkylation sites (tertiary alicyclic amines) is 1. The van der Waals surface area contributed by atoms with E-state index in [1.54, 1.807) is 9.80 Å². The highest BCUT2D eigenvalue weighted by Crippen LogP contribution is 2.46. The Balaban J connectivity index is 0.000000313. The fourth-order valence-corrected chi connectivity index (χ4v) is 4.04. The van der Waals surface area contributed by atoms with E-state index in [4.69, 9.17) is 17.0 Å². The number of morpholine rings is 1. The summed E-state index contributed by atoms with van der Waals surface area (Å²) in [4.78, 5) is 26.7. The van der Waals surface area contributed by atoms with Crippen molar-refractivity contribution in [1.82, 2.24) is 10.2 Å². The van der Waals surface area contributed by atoms with Crippen LogP contribution in [0.4, 0.5) is 0 Å². The van der Waals surface area contributed by atoms with E-state index in [2.05, 4.69) is 12.4 Å². The highest BCUT2D eigenvalue weighted by molar-refractivity contribution is 7.80. The first-order chi connectivity index (χ1) is 12.9. The molecule has 0 aromatic heterocycles. The third kappa shape index (κ3) is 4.60. The minimum absolute atomic E-state index is 0.0466. The molecule has 0 saturated carbocycles. The van der Waals surface area contributed by atoms with Crippen molar-refractivity contribution in [2.45, 2.75) is 19.8 Å². The number of nitrogens with zero attached hydrogens (tertiary/aromatic N) is 3. The van der Waals surface area contributed by atoms with Crippen LogP contribution in [0.1, 0.15) is 19.8 Å². The molecule has 0 aromatic carbocycles. The number of quaternary nitrogens is 1. The van der Waals surface area contributed by atoms with Gasteiger partial charge in [0.05, 0.1) is 26.3 Å². The molecule has 3 fully saturated rings. The molecule has 27 heavy (non-hydrogen) atoms. The van der Waals surface area contributed by atoms with E-state index >= 15 is 0 Å². The van der Waals surface area contributed by atoms with Crippen LogP contribution in [0, 0.1) is 22.7 Å². The summed E-state index contributed by atoms with van der Waals surface area (Å²) in [7, 11) is 2.20. The molecule has 8 nitrogen and oxygen atoms in total. The molecule has 0 bridgehead atoms. The fraction of sp³-hybridized carbons (Fsp3) is 0.667. The topological polar surface area (TPSA) is 109 Å². The first-order valence-electron chi connectivity index (χ1n) is 9.02. The van der Waals surface area contributed by atoms with E-state index in [1.807, 2.05) is 11.9 Å². The number of rotatable bonds is 0. The van der Waals surface area contributed by atoms with Crippen molar-refractivity contribution in [1.29, 1.82) is 5.26 Å². The summed E-state index contributed by atoms with van der Waals surface area (Å²) >= 11 is 5.06. The van der Waals surface area contributed by atoms with E-state index < -0.39 is 17.2 Å². The van der Waals surface area contributed by atoms with Crippen molar-refractivity contribution in [3.8, 4) is 6.07 Å². The first kappa shape index (κ1) is 21.2. The van der Waals surface area contributed by atoms with Gasteiger partial charge in [-0.2, -0.15) is 5.26 Å². The van der Waals surface area contributed by atoms with Gasteiger partial charge in [0.25, 0.3) is 0 Å². The maximum Gasteiger partial charge on any atom is 0.243 e. The largest absolute Gasteiger partial charge is 0.763 e. The number of thiocarbonyl (C=S) groups is 1. The van der Waals surface area contributed by atoms with E-state index in [0.717, 1.165) is 13.2 Å². The summed E-state index contributed by atoms with van der Waals surface area (Å²) in [5.74, 6) is 0.619. The molecule has 1 atom stereocenters. The molecule has 3 heterocycles. The normalized spacial score (nSPS) is 25.0. The molecule has 0 radical (unpaired) electrons. The minimum atomic E-state index is -0.932. The maximum absolute atomic E-state index is 12.0. The van der Waals surface area contributed by atoms with E-state index in [9.17, 15) is 20.3 Å². The summed E-state index contributed by atoms with van der Waals surface area (Å²) in [6.07, 6.45) is 0.808. The smallest absolute Gasteiger partial charge is 0.243 e. The van der Waals surface area contributed by atoms with Crippen LogP contribution in [0.5, 0.6) is 0 Å². The van der Waals surface area contributed by atoms with E-state index in [0.29, 0.717) is 31.5 Å². The fourth-order valence-electron chi connectivity index (χ4n) is 3.69. The van der Waals surface area contributed by atoms with Gasteiger partial charge in [-0.1, -0.05) is 12.2 Å². The maximum atomic E-state index is 12.0. The van der Waals surface area contributed by atoms with Crippen LogP contribution < -0.4 is 10.2 Å². The quantitative estimate of drug-likeness (QED) is 0.310. The summed E-state index contributed by atoms with van der Waals surface area (Å²) in [5, 5.41) is 21.1. The van der Waals surface area contributed by atoms with Gasteiger partial charge in [-0.3, -0.25) is 15.5 Å². The van der Waals surface area contributed by atoms with Gasteiger partial charge in [0, 0.05) is 31.0 Å². The number of amides is 2. The highest BCUT2D eigenvalue weighted by Gasteiger charge is 2.52. The van der Waals surface area contributed by atoms with Gasteiger partial charge < -0.3 is 25.3 Å². The second kappa shape index (κ2) is 9.20. The van der Waals surface area contributed by atoms with Crippen molar-refractivity contribution < 1.29 is 19.2 Å². The predicted octanol–water partition coefficient (Wildman–Crippen LogP) is -1.09. The van der Waals surface area contributed by atoms with Gasteiger partial charge in [0.15, 0.2) is 0 Å². The molecule has 2 amide bonds. The van der Waals surface area contributed by atoms with Gasteiger partial charge in [-0.25, -0.2) is 0 Å². The molecule has 3 saturated heterocycles. The van der Waals surface area contributed by atoms with Crippen LogP contribution in [-0.2, 0) is 14.3 Å². The van der Waals surface area contributed by atoms with Gasteiger partial charge in [-0.05, 0) is 12.8 Å². The zero-order valence-electron chi connectivity index (χ0n) is 15.7. The molecule has 1 spiro atoms. The Morgan fingerprint density at radius 2 is 2.00 bits per heavy atom. The molecule has 3 aliphatic rings. The zero-order chi connectivity index (χ0) is 20.0. The molecule has 0 aliphatic carbocycles. The number of likely N-dealkylation sites (N-methyl/N-ethyl adjacent to an activating group) is 1. The number of hydrogen-bond donors (Lipinski definition) is 2. The Kier molecular flexibility index (Phi) is 7.22. The second-order valence-electron chi connectivity index (χ2n) is 7.10. The van der Waals surface area contributed by atoms with Gasteiger partial charge >= 0.3 is 0 Å². The number of nitrogens with one attached hydrogen (secondary N) is 2. The van der Waals surface area contributed by atoms with Crippen molar-refractivity contribution in [3.05, 3.63) is 11.0 Å². The Hall–Kier alpha value is -2.11. The monoisotopic (exact) mass is 391 g/mol. The summed E-state index contributed by atoms with van der Waals surface area (Å²) in [5.41, 5.74) is -0.559. The molecule has 146 valence electrons.